The lowest BCUT2D eigenvalue weighted by molar-refractivity contribution is -0.136. The van der Waals surface area contributed by atoms with Gasteiger partial charge in [0.2, 0.25) is 0 Å². The first kappa shape index (κ1) is 15.2. The molecule has 0 aliphatic carbocycles. The summed E-state index contributed by atoms with van der Waals surface area (Å²) in [4.78, 5) is 22.9. The highest BCUT2D eigenvalue weighted by molar-refractivity contribution is 9.10. The molecule has 0 aromatic heterocycles. The molecular weight excluding hydrogens is 341 g/mol. The van der Waals surface area contributed by atoms with Gasteiger partial charge in [-0.05, 0) is 45.8 Å². The van der Waals surface area contributed by atoms with E-state index in [4.69, 9.17) is 5.11 Å². The number of halogens is 2. The molecule has 4 nitrogen and oxygen atoms in total. The lowest BCUT2D eigenvalue weighted by atomic mass is 10.1. The molecule has 108 valence electrons. The zero-order chi connectivity index (χ0) is 15.4. The minimum Gasteiger partial charge on any atom is -0.481 e. The molecule has 0 aliphatic heterocycles. The Hall–Kier alpha value is -2.21. The number of rotatable bonds is 4. The summed E-state index contributed by atoms with van der Waals surface area (Å²) in [6.45, 7) is 0. The minimum atomic E-state index is -0.994. The van der Waals surface area contributed by atoms with Crippen molar-refractivity contribution in [2.75, 3.05) is 5.32 Å². The number of hydrogen-bond acceptors (Lipinski definition) is 2. The molecule has 21 heavy (non-hydrogen) atoms. The van der Waals surface area contributed by atoms with Crippen LogP contribution in [0.25, 0.3) is 0 Å². The van der Waals surface area contributed by atoms with Crippen LogP contribution in [0.15, 0.2) is 46.9 Å². The molecule has 0 heterocycles. The number of aliphatic carboxylic acids is 1. The number of carboxylic acids is 1. The molecule has 2 aromatic rings. The van der Waals surface area contributed by atoms with E-state index >= 15 is 0 Å². The van der Waals surface area contributed by atoms with Gasteiger partial charge in [0.15, 0.2) is 0 Å². The van der Waals surface area contributed by atoms with E-state index in [1.807, 2.05) is 0 Å². The van der Waals surface area contributed by atoms with E-state index in [0.717, 1.165) is 6.07 Å². The number of anilines is 1. The maximum absolute atomic E-state index is 13.4. The van der Waals surface area contributed by atoms with Crippen molar-refractivity contribution in [1.29, 1.82) is 0 Å². The Morgan fingerprint density at radius 2 is 1.90 bits per heavy atom. The molecule has 0 aliphatic rings. The zero-order valence-electron chi connectivity index (χ0n) is 10.8. The van der Waals surface area contributed by atoms with Crippen LogP contribution in [0.4, 0.5) is 10.1 Å². The molecule has 1 amide bonds. The van der Waals surface area contributed by atoms with Gasteiger partial charge in [0, 0.05) is 11.3 Å². The normalized spacial score (nSPS) is 10.2. The molecule has 0 radical (unpaired) electrons. The molecule has 6 heteroatoms. The molecular formula is C15H11BrFNO3. The Balaban J connectivity index is 2.23. The van der Waals surface area contributed by atoms with Crippen LogP contribution in [0, 0.1) is 5.82 Å². The maximum Gasteiger partial charge on any atom is 0.307 e. The molecule has 2 rings (SSSR count). The standard InChI is InChI=1S/C15H11BrFNO3/c16-11-6-5-10(7-12(11)17)15(21)18-13-4-2-1-3-9(13)8-14(19)20/h1-7H,8H2,(H,18,21)(H,19,20). The zero-order valence-corrected chi connectivity index (χ0v) is 12.4. The topological polar surface area (TPSA) is 66.4 Å². The van der Waals surface area contributed by atoms with E-state index in [1.54, 1.807) is 24.3 Å². The summed E-state index contributed by atoms with van der Waals surface area (Å²) in [5, 5.41) is 11.4. The fourth-order valence-electron chi connectivity index (χ4n) is 1.79. The quantitative estimate of drug-likeness (QED) is 0.886. The number of carbonyl (C=O) groups is 2. The van der Waals surface area contributed by atoms with Gasteiger partial charge in [0.1, 0.15) is 5.82 Å². The number of para-hydroxylation sites is 1. The van der Waals surface area contributed by atoms with Crippen molar-refractivity contribution in [3.8, 4) is 0 Å². The van der Waals surface area contributed by atoms with E-state index < -0.39 is 17.7 Å². The van der Waals surface area contributed by atoms with Crippen molar-refractivity contribution in [3.63, 3.8) is 0 Å². The van der Waals surface area contributed by atoms with Crippen LogP contribution < -0.4 is 5.32 Å². The molecule has 0 atom stereocenters. The fraction of sp³-hybridized carbons (Fsp3) is 0.0667. The highest BCUT2D eigenvalue weighted by Crippen LogP contribution is 2.19. The van der Waals surface area contributed by atoms with Crippen LogP contribution in [-0.2, 0) is 11.2 Å². The number of carbonyl (C=O) groups excluding carboxylic acids is 1. The summed E-state index contributed by atoms with van der Waals surface area (Å²) in [5.74, 6) is -2.04. The summed E-state index contributed by atoms with van der Waals surface area (Å²) in [6, 6.07) is 10.6. The minimum absolute atomic E-state index is 0.154. The average Bonchev–Trinajstić information content (AvgIpc) is 2.43. The number of nitrogens with one attached hydrogen (secondary N) is 1. The van der Waals surface area contributed by atoms with Gasteiger partial charge in [-0.2, -0.15) is 0 Å². The van der Waals surface area contributed by atoms with Crippen molar-refractivity contribution >= 4 is 33.5 Å². The van der Waals surface area contributed by atoms with Crippen LogP contribution >= 0.6 is 15.9 Å². The van der Waals surface area contributed by atoms with Crippen LogP contribution in [0.5, 0.6) is 0 Å². The average molecular weight is 352 g/mol. The Morgan fingerprint density at radius 3 is 2.57 bits per heavy atom. The van der Waals surface area contributed by atoms with E-state index in [0.29, 0.717) is 11.3 Å². The van der Waals surface area contributed by atoms with Gasteiger partial charge in [0.05, 0.1) is 10.9 Å². The third-order valence-electron chi connectivity index (χ3n) is 2.79. The van der Waals surface area contributed by atoms with E-state index in [1.165, 1.54) is 12.1 Å². The van der Waals surface area contributed by atoms with E-state index in [2.05, 4.69) is 21.2 Å². The Labute approximate surface area is 128 Å². The monoisotopic (exact) mass is 351 g/mol. The van der Waals surface area contributed by atoms with Gasteiger partial charge in [-0.1, -0.05) is 18.2 Å². The predicted molar refractivity (Wildman–Crippen MR) is 79.8 cm³/mol. The molecule has 0 saturated carbocycles. The second kappa shape index (κ2) is 6.49. The number of carboxylic acid groups (broad SMARTS) is 1. The van der Waals surface area contributed by atoms with Gasteiger partial charge in [-0.3, -0.25) is 9.59 Å². The molecule has 0 unspecified atom stereocenters. The van der Waals surface area contributed by atoms with Crippen molar-refractivity contribution in [1.82, 2.24) is 0 Å². The van der Waals surface area contributed by atoms with Crippen LogP contribution in [-0.4, -0.2) is 17.0 Å². The first-order valence-electron chi connectivity index (χ1n) is 6.03. The predicted octanol–water partition coefficient (Wildman–Crippen LogP) is 3.47. The summed E-state index contributed by atoms with van der Waals surface area (Å²) >= 11 is 3.01. The largest absolute Gasteiger partial charge is 0.481 e. The van der Waals surface area contributed by atoms with Gasteiger partial charge in [-0.15, -0.1) is 0 Å². The molecule has 0 saturated heterocycles. The Kier molecular flexibility index (Phi) is 4.70. The van der Waals surface area contributed by atoms with Crippen LogP contribution in [0.3, 0.4) is 0 Å². The van der Waals surface area contributed by atoms with Crippen LogP contribution in [0.2, 0.25) is 0 Å². The summed E-state index contributed by atoms with van der Waals surface area (Å²) in [5.41, 5.74) is 1.03. The van der Waals surface area contributed by atoms with Gasteiger partial charge < -0.3 is 10.4 Å². The third kappa shape index (κ3) is 3.88. The summed E-state index contributed by atoms with van der Waals surface area (Å²) < 4.78 is 13.7. The number of benzene rings is 2. The lowest BCUT2D eigenvalue weighted by Crippen LogP contribution is -2.14. The van der Waals surface area contributed by atoms with E-state index in [9.17, 15) is 14.0 Å². The molecule has 0 bridgehead atoms. The van der Waals surface area contributed by atoms with Gasteiger partial charge in [0.25, 0.3) is 5.91 Å². The first-order chi connectivity index (χ1) is 9.97. The third-order valence-corrected chi connectivity index (χ3v) is 3.43. The van der Waals surface area contributed by atoms with E-state index in [-0.39, 0.29) is 16.5 Å². The molecule has 2 aromatic carbocycles. The maximum atomic E-state index is 13.4. The second-order valence-electron chi connectivity index (χ2n) is 4.31. The smallest absolute Gasteiger partial charge is 0.307 e. The SMILES string of the molecule is O=C(O)Cc1ccccc1NC(=O)c1ccc(Br)c(F)c1. The van der Waals surface area contributed by atoms with Crippen LogP contribution in [0.1, 0.15) is 15.9 Å². The lowest BCUT2D eigenvalue weighted by Gasteiger charge is -2.10. The molecule has 2 N–H and O–H groups in total. The van der Waals surface area contributed by atoms with Crippen molar-refractivity contribution in [2.45, 2.75) is 6.42 Å². The highest BCUT2D eigenvalue weighted by atomic mass is 79.9. The molecule has 0 spiro atoms. The molecule has 0 fully saturated rings. The van der Waals surface area contributed by atoms with Gasteiger partial charge >= 0.3 is 5.97 Å². The number of amides is 1. The highest BCUT2D eigenvalue weighted by Gasteiger charge is 2.12. The Bertz CT molecular complexity index is 703. The van der Waals surface area contributed by atoms with Crippen molar-refractivity contribution in [2.24, 2.45) is 0 Å². The number of hydrogen-bond donors (Lipinski definition) is 2. The Morgan fingerprint density at radius 1 is 1.19 bits per heavy atom. The first-order valence-corrected chi connectivity index (χ1v) is 6.83. The van der Waals surface area contributed by atoms with Gasteiger partial charge in [-0.25, -0.2) is 4.39 Å². The summed E-state index contributed by atoms with van der Waals surface area (Å²) in [7, 11) is 0. The summed E-state index contributed by atoms with van der Waals surface area (Å²) in [6.07, 6.45) is -0.203. The fourth-order valence-corrected chi connectivity index (χ4v) is 2.04. The van der Waals surface area contributed by atoms with Crippen molar-refractivity contribution < 1.29 is 19.1 Å². The second-order valence-corrected chi connectivity index (χ2v) is 5.17. The van der Waals surface area contributed by atoms with Crippen molar-refractivity contribution in [3.05, 3.63) is 63.9 Å².